The molecule has 110 valence electrons. The zero-order valence-electron chi connectivity index (χ0n) is 12.4. The van der Waals surface area contributed by atoms with E-state index in [2.05, 4.69) is 0 Å². The van der Waals surface area contributed by atoms with Gasteiger partial charge in [0.05, 0.1) is 5.69 Å². The molecule has 0 saturated carbocycles. The van der Waals surface area contributed by atoms with Crippen LogP contribution in [0.3, 0.4) is 0 Å². The number of ether oxygens (including phenoxy) is 1. The van der Waals surface area contributed by atoms with Gasteiger partial charge in [0.25, 0.3) is 5.91 Å². The van der Waals surface area contributed by atoms with Crippen molar-refractivity contribution in [1.82, 2.24) is 4.90 Å². The first-order chi connectivity index (χ1) is 10.1. The number of carbonyl (C=O) groups excluding carboxylic acids is 1. The van der Waals surface area contributed by atoms with Gasteiger partial charge in [0.2, 0.25) is 0 Å². The van der Waals surface area contributed by atoms with Gasteiger partial charge in [0, 0.05) is 13.6 Å². The Bertz CT molecular complexity index is 626. The van der Waals surface area contributed by atoms with E-state index in [1.165, 1.54) is 5.56 Å². The minimum atomic E-state index is -0.0819. The Morgan fingerprint density at radius 3 is 2.52 bits per heavy atom. The number of para-hydroxylation sites is 2. The number of carbonyl (C=O) groups is 1. The van der Waals surface area contributed by atoms with Crippen molar-refractivity contribution >= 4 is 11.6 Å². The van der Waals surface area contributed by atoms with Crippen molar-refractivity contribution < 1.29 is 9.53 Å². The average molecular weight is 284 g/mol. The molecule has 0 saturated heterocycles. The zero-order valence-corrected chi connectivity index (χ0v) is 12.4. The summed E-state index contributed by atoms with van der Waals surface area (Å²) >= 11 is 0. The summed E-state index contributed by atoms with van der Waals surface area (Å²) in [6.45, 7) is 2.59. The fourth-order valence-corrected chi connectivity index (χ4v) is 1.99. The van der Waals surface area contributed by atoms with Crippen LogP contribution >= 0.6 is 0 Å². The Labute approximate surface area is 125 Å². The molecule has 0 unspecified atom stereocenters. The molecule has 2 rings (SSSR count). The van der Waals surface area contributed by atoms with Crippen molar-refractivity contribution in [1.29, 1.82) is 0 Å². The summed E-state index contributed by atoms with van der Waals surface area (Å²) in [6.07, 6.45) is 0. The molecule has 0 atom stereocenters. The second-order valence-electron chi connectivity index (χ2n) is 5.00. The maximum absolute atomic E-state index is 12.1. The lowest BCUT2D eigenvalue weighted by Gasteiger charge is -2.19. The molecule has 4 nitrogen and oxygen atoms in total. The van der Waals surface area contributed by atoms with Gasteiger partial charge in [0.1, 0.15) is 5.75 Å². The highest BCUT2D eigenvalue weighted by Gasteiger charge is 2.11. The third kappa shape index (κ3) is 3.99. The molecule has 1 amide bonds. The Morgan fingerprint density at radius 2 is 1.81 bits per heavy atom. The van der Waals surface area contributed by atoms with E-state index < -0.39 is 0 Å². The van der Waals surface area contributed by atoms with E-state index in [4.69, 9.17) is 10.5 Å². The number of rotatable bonds is 5. The van der Waals surface area contributed by atoms with Gasteiger partial charge in [-0.3, -0.25) is 4.79 Å². The van der Waals surface area contributed by atoms with Crippen LogP contribution in [-0.2, 0) is 11.3 Å². The van der Waals surface area contributed by atoms with Gasteiger partial charge in [0.15, 0.2) is 6.61 Å². The number of anilines is 1. The summed E-state index contributed by atoms with van der Waals surface area (Å²) in [4.78, 5) is 13.8. The number of nitrogen functional groups attached to an aromatic ring is 1. The first-order valence-corrected chi connectivity index (χ1v) is 6.83. The molecule has 0 heterocycles. The van der Waals surface area contributed by atoms with Gasteiger partial charge in [-0.2, -0.15) is 0 Å². The van der Waals surface area contributed by atoms with Crippen LogP contribution < -0.4 is 10.5 Å². The van der Waals surface area contributed by atoms with E-state index in [0.29, 0.717) is 18.0 Å². The lowest BCUT2D eigenvalue weighted by Crippen LogP contribution is -2.31. The normalized spacial score (nSPS) is 10.2. The van der Waals surface area contributed by atoms with Crippen LogP contribution in [0.25, 0.3) is 0 Å². The minimum absolute atomic E-state index is 0.0173. The summed E-state index contributed by atoms with van der Waals surface area (Å²) in [7, 11) is 1.77. The largest absolute Gasteiger partial charge is 0.482 e. The van der Waals surface area contributed by atoms with E-state index in [1.807, 2.05) is 43.3 Å². The smallest absolute Gasteiger partial charge is 0.260 e. The lowest BCUT2D eigenvalue weighted by molar-refractivity contribution is -0.132. The summed E-state index contributed by atoms with van der Waals surface area (Å²) in [6, 6.07) is 15.2. The SMILES string of the molecule is Cc1ccccc1CN(C)C(=O)COc1ccccc1N. The van der Waals surface area contributed by atoms with E-state index >= 15 is 0 Å². The van der Waals surface area contributed by atoms with Crippen molar-refractivity contribution in [3.05, 3.63) is 59.7 Å². The molecule has 0 spiro atoms. The van der Waals surface area contributed by atoms with Crippen molar-refractivity contribution in [2.75, 3.05) is 19.4 Å². The van der Waals surface area contributed by atoms with Crippen LogP contribution in [0.15, 0.2) is 48.5 Å². The van der Waals surface area contributed by atoms with Gasteiger partial charge in [-0.25, -0.2) is 0 Å². The number of aryl methyl sites for hydroxylation is 1. The molecule has 0 bridgehead atoms. The predicted octanol–water partition coefficient (Wildman–Crippen LogP) is 2.61. The molecule has 0 aliphatic carbocycles. The van der Waals surface area contributed by atoms with Crippen LogP contribution in [0.2, 0.25) is 0 Å². The first kappa shape index (κ1) is 14.9. The molecule has 4 heteroatoms. The highest BCUT2D eigenvalue weighted by molar-refractivity contribution is 5.77. The number of benzene rings is 2. The molecule has 0 aliphatic rings. The number of hydrogen-bond donors (Lipinski definition) is 1. The lowest BCUT2D eigenvalue weighted by atomic mass is 10.1. The topological polar surface area (TPSA) is 55.6 Å². The molecule has 0 radical (unpaired) electrons. The summed E-state index contributed by atoms with van der Waals surface area (Å²) < 4.78 is 5.47. The van der Waals surface area contributed by atoms with Crippen molar-refractivity contribution in [2.45, 2.75) is 13.5 Å². The number of nitrogens with zero attached hydrogens (tertiary/aromatic N) is 1. The molecule has 2 N–H and O–H groups in total. The van der Waals surface area contributed by atoms with Crippen LogP contribution in [0.4, 0.5) is 5.69 Å². The fourth-order valence-electron chi connectivity index (χ4n) is 1.99. The van der Waals surface area contributed by atoms with E-state index in [1.54, 1.807) is 24.1 Å². The van der Waals surface area contributed by atoms with Gasteiger partial charge >= 0.3 is 0 Å². The molecular weight excluding hydrogens is 264 g/mol. The first-order valence-electron chi connectivity index (χ1n) is 6.83. The second-order valence-corrected chi connectivity index (χ2v) is 5.00. The van der Waals surface area contributed by atoms with Crippen molar-refractivity contribution in [2.24, 2.45) is 0 Å². The number of hydrogen-bond acceptors (Lipinski definition) is 3. The van der Waals surface area contributed by atoms with Crippen molar-refractivity contribution in [3.63, 3.8) is 0 Å². The average Bonchev–Trinajstić information content (AvgIpc) is 2.48. The maximum Gasteiger partial charge on any atom is 0.260 e. The summed E-state index contributed by atoms with van der Waals surface area (Å²) in [5.41, 5.74) is 8.61. The number of nitrogens with two attached hydrogens (primary N) is 1. The third-order valence-corrected chi connectivity index (χ3v) is 3.36. The molecule has 21 heavy (non-hydrogen) atoms. The highest BCUT2D eigenvalue weighted by Crippen LogP contribution is 2.19. The van der Waals surface area contributed by atoms with Gasteiger partial charge in [-0.1, -0.05) is 36.4 Å². The maximum atomic E-state index is 12.1. The van der Waals surface area contributed by atoms with Gasteiger partial charge < -0.3 is 15.4 Å². The van der Waals surface area contributed by atoms with E-state index in [-0.39, 0.29) is 12.5 Å². The standard InChI is InChI=1S/C17H20N2O2/c1-13-7-3-4-8-14(13)11-19(2)17(20)12-21-16-10-6-5-9-15(16)18/h3-10H,11-12,18H2,1-2H3. The quantitative estimate of drug-likeness (QED) is 0.859. The van der Waals surface area contributed by atoms with Crippen LogP contribution in [-0.4, -0.2) is 24.5 Å². The van der Waals surface area contributed by atoms with Crippen molar-refractivity contribution in [3.8, 4) is 5.75 Å². The van der Waals surface area contributed by atoms with E-state index in [0.717, 1.165) is 5.56 Å². The van der Waals surface area contributed by atoms with Gasteiger partial charge in [-0.15, -0.1) is 0 Å². The monoisotopic (exact) mass is 284 g/mol. The van der Waals surface area contributed by atoms with Crippen LogP contribution in [0.1, 0.15) is 11.1 Å². The number of likely N-dealkylation sites (N-methyl/N-ethyl adjacent to an activating group) is 1. The summed E-state index contributed by atoms with van der Waals surface area (Å²) in [5, 5.41) is 0. The second kappa shape index (κ2) is 6.79. The molecule has 2 aromatic carbocycles. The molecule has 0 fully saturated rings. The predicted molar refractivity (Wildman–Crippen MR) is 84.0 cm³/mol. The van der Waals surface area contributed by atoms with Crippen LogP contribution in [0.5, 0.6) is 5.75 Å². The highest BCUT2D eigenvalue weighted by atomic mass is 16.5. The molecule has 0 aromatic heterocycles. The Morgan fingerprint density at radius 1 is 1.14 bits per heavy atom. The Kier molecular flexibility index (Phi) is 4.82. The zero-order chi connectivity index (χ0) is 15.2. The van der Waals surface area contributed by atoms with E-state index in [9.17, 15) is 4.79 Å². The van der Waals surface area contributed by atoms with Gasteiger partial charge in [-0.05, 0) is 30.2 Å². The summed E-state index contributed by atoms with van der Waals surface area (Å²) in [5.74, 6) is 0.455. The Hall–Kier alpha value is -2.49. The van der Waals surface area contributed by atoms with Crippen LogP contribution in [0, 0.1) is 6.92 Å². The Balaban J connectivity index is 1.91. The molecule has 0 aliphatic heterocycles. The number of amides is 1. The third-order valence-electron chi connectivity index (χ3n) is 3.36. The molecule has 2 aromatic rings. The fraction of sp³-hybridized carbons (Fsp3) is 0.235. The molecular formula is C17H20N2O2. The minimum Gasteiger partial charge on any atom is -0.482 e.